The van der Waals surface area contributed by atoms with Gasteiger partial charge in [-0.25, -0.2) is 4.98 Å². The summed E-state index contributed by atoms with van der Waals surface area (Å²) < 4.78 is 10.8. The number of halogens is 1. The predicted molar refractivity (Wildman–Crippen MR) is 122 cm³/mol. The van der Waals surface area contributed by atoms with E-state index in [-0.39, 0.29) is 18.5 Å². The molecule has 2 fully saturated rings. The zero-order valence-corrected chi connectivity index (χ0v) is 18.7. The van der Waals surface area contributed by atoms with E-state index < -0.39 is 0 Å². The molecule has 2 heterocycles. The third-order valence-electron chi connectivity index (χ3n) is 6.66. The fourth-order valence-electron chi connectivity index (χ4n) is 4.91. The van der Waals surface area contributed by atoms with Crippen molar-refractivity contribution in [3.05, 3.63) is 12.1 Å². The topological polar surface area (TPSA) is 93.7 Å². The molecule has 2 aromatic rings. The van der Waals surface area contributed by atoms with Crippen LogP contribution in [-0.2, 0) is 0 Å². The third kappa shape index (κ3) is 4.52. The second kappa shape index (κ2) is 9.88. The molecule has 7 nitrogen and oxygen atoms in total. The van der Waals surface area contributed by atoms with E-state index in [0.717, 1.165) is 36.8 Å². The van der Waals surface area contributed by atoms with Crippen molar-refractivity contribution in [2.45, 2.75) is 51.0 Å². The number of rotatable bonds is 5. The lowest BCUT2D eigenvalue weighted by Gasteiger charge is -2.38. The Balaban J connectivity index is 0.00000256. The molecule has 166 valence electrons. The van der Waals surface area contributed by atoms with Crippen LogP contribution in [0.5, 0.6) is 11.5 Å². The molecule has 3 N–H and O–H groups in total. The number of aliphatic hydroxyl groups is 1. The lowest BCUT2D eigenvalue weighted by molar-refractivity contribution is 0.0236. The molecule has 8 heteroatoms. The molecule has 2 aliphatic rings. The van der Waals surface area contributed by atoms with Gasteiger partial charge >= 0.3 is 0 Å². The van der Waals surface area contributed by atoms with Crippen LogP contribution in [0.2, 0.25) is 0 Å². The molecule has 1 aliphatic heterocycles. The molecular weight excluding hydrogens is 404 g/mol. The van der Waals surface area contributed by atoms with Gasteiger partial charge in [0.05, 0.1) is 25.8 Å². The van der Waals surface area contributed by atoms with Gasteiger partial charge in [-0.2, -0.15) is 4.98 Å². The van der Waals surface area contributed by atoms with Gasteiger partial charge in [0, 0.05) is 24.5 Å². The second-order valence-electron chi connectivity index (χ2n) is 8.35. The Kier molecular flexibility index (Phi) is 7.47. The predicted octanol–water partition coefficient (Wildman–Crippen LogP) is 3.81. The molecule has 1 aromatic heterocycles. The van der Waals surface area contributed by atoms with Crippen molar-refractivity contribution in [3.8, 4) is 11.5 Å². The number of hydrogen-bond acceptors (Lipinski definition) is 7. The van der Waals surface area contributed by atoms with Crippen LogP contribution < -0.4 is 20.1 Å². The Morgan fingerprint density at radius 3 is 2.20 bits per heavy atom. The highest BCUT2D eigenvalue weighted by atomic mass is 35.5. The third-order valence-corrected chi connectivity index (χ3v) is 6.66. The molecule has 30 heavy (non-hydrogen) atoms. The molecule has 1 aliphatic carbocycles. The van der Waals surface area contributed by atoms with Crippen LogP contribution >= 0.6 is 12.4 Å². The number of benzene rings is 1. The van der Waals surface area contributed by atoms with Gasteiger partial charge in [-0.3, -0.25) is 0 Å². The number of methoxy groups -OCH3 is 2. The van der Waals surface area contributed by atoms with E-state index in [1.807, 2.05) is 12.1 Å². The van der Waals surface area contributed by atoms with Crippen LogP contribution in [-0.4, -0.2) is 48.5 Å². The zero-order chi connectivity index (χ0) is 20.4. The van der Waals surface area contributed by atoms with Crippen LogP contribution in [0.25, 0.3) is 10.9 Å². The maximum atomic E-state index is 10.9. The first-order valence-corrected chi connectivity index (χ1v) is 10.7. The van der Waals surface area contributed by atoms with Crippen LogP contribution in [0.15, 0.2) is 12.1 Å². The van der Waals surface area contributed by atoms with E-state index in [0.29, 0.717) is 35.1 Å². The van der Waals surface area contributed by atoms with E-state index in [4.69, 9.17) is 20.2 Å². The number of fused-ring (bicyclic) bond motifs is 1. The quantitative estimate of drug-likeness (QED) is 0.735. The van der Waals surface area contributed by atoms with Crippen LogP contribution in [0.4, 0.5) is 11.8 Å². The van der Waals surface area contributed by atoms with Crippen molar-refractivity contribution in [1.29, 1.82) is 0 Å². The molecule has 0 bridgehead atoms. The number of aromatic nitrogens is 2. The van der Waals surface area contributed by atoms with E-state index in [2.05, 4.69) is 9.88 Å². The highest BCUT2D eigenvalue weighted by molar-refractivity contribution is 5.91. The Morgan fingerprint density at radius 2 is 1.57 bits per heavy atom. The molecule has 4 rings (SSSR count). The zero-order valence-electron chi connectivity index (χ0n) is 17.8. The van der Waals surface area contributed by atoms with Gasteiger partial charge in [0.1, 0.15) is 5.82 Å². The highest BCUT2D eigenvalue weighted by Crippen LogP contribution is 2.36. The summed E-state index contributed by atoms with van der Waals surface area (Å²) in [6.45, 7) is 1.68. The Hall–Kier alpha value is -1.99. The first-order valence-electron chi connectivity index (χ1n) is 10.7. The van der Waals surface area contributed by atoms with Crippen LogP contribution in [0.1, 0.15) is 44.9 Å². The number of anilines is 2. The van der Waals surface area contributed by atoms with Crippen LogP contribution in [0.3, 0.4) is 0 Å². The Labute approximate surface area is 184 Å². The first kappa shape index (κ1) is 22.7. The van der Waals surface area contributed by atoms with Gasteiger partial charge in [0.15, 0.2) is 11.5 Å². The molecule has 0 spiro atoms. The maximum Gasteiger partial charge on any atom is 0.227 e. The smallest absolute Gasteiger partial charge is 0.227 e. The number of ether oxygens (including phenoxy) is 2. The summed E-state index contributed by atoms with van der Waals surface area (Å²) in [4.78, 5) is 11.5. The SMILES string of the molecule is COc1cc2nc(N3CCC(C(O)C4CCCCC4)CC3)nc(N)c2cc1OC.Cl. The molecule has 1 saturated carbocycles. The summed E-state index contributed by atoms with van der Waals surface area (Å²) in [5.41, 5.74) is 6.98. The van der Waals surface area contributed by atoms with Gasteiger partial charge in [-0.1, -0.05) is 19.3 Å². The van der Waals surface area contributed by atoms with Crippen molar-refractivity contribution < 1.29 is 14.6 Å². The Bertz CT molecular complexity index is 852. The van der Waals surface area contributed by atoms with E-state index >= 15 is 0 Å². The summed E-state index contributed by atoms with van der Waals surface area (Å²) in [7, 11) is 3.21. The lowest BCUT2D eigenvalue weighted by atomic mass is 9.77. The number of piperidine rings is 1. The van der Waals surface area contributed by atoms with Crippen molar-refractivity contribution in [2.75, 3.05) is 37.9 Å². The van der Waals surface area contributed by atoms with Gasteiger partial charge in [-0.05, 0) is 43.6 Å². The number of nitrogens with zero attached hydrogens (tertiary/aromatic N) is 3. The van der Waals surface area contributed by atoms with Crippen LogP contribution in [0, 0.1) is 11.8 Å². The molecule has 0 amide bonds. The summed E-state index contributed by atoms with van der Waals surface area (Å²) in [6, 6.07) is 3.66. The number of nitrogens with two attached hydrogens (primary N) is 1. The fourth-order valence-corrected chi connectivity index (χ4v) is 4.91. The minimum atomic E-state index is -0.170. The summed E-state index contributed by atoms with van der Waals surface area (Å²) in [6.07, 6.45) is 7.96. The molecule has 1 atom stereocenters. The summed E-state index contributed by atoms with van der Waals surface area (Å²) >= 11 is 0. The minimum absolute atomic E-state index is 0. The monoisotopic (exact) mass is 436 g/mol. The van der Waals surface area contributed by atoms with Crippen molar-refractivity contribution in [1.82, 2.24) is 9.97 Å². The van der Waals surface area contributed by atoms with Gasteiger partial charge in [0.2, 0.25) is 5.95 Å². The average molecular weight is 437 g/mol. The second-order valence-corrected chi connectivity index (χ2v) is 8.35. The van der Waals surface area contributed by atoms with Gasteiger partial charge in [0.25, 0.3) is 0 Å². The largest absolute Gasteiger partial charge is 0.493 e. The average Bonchev–Trinajstić information content (AvgIpc) is 2.78. The molecule has 1 aromatic carbocycles. The van der Waals surface area contributed by atoms with Crippen molar-refractivity contribution >= 4 is 35.1 Å². The first-order chi connectivity index (χ1) is 14.1. The number of aliphatic hydroxyl groups excluding tert-OH is 1. The molecular formula is C22H33ClN4O3. The summed E-state index contributed by atoms with van der Waals surface area (Å²) in [5, 5.41) is 11.6. The summed E-state index contributed by atoms with van der Waals surface area (Å²) in [5.74, 6) is 3.17. The molecule has 1 saturated heterocycles. The van der Waals surface area contributed by atoms with Gasteiger partial charge < -0.3 is 25.2 Å². The highest BCUT2D eigenvalue weighted by Gasteiger charge is 2.32. The van der Waals surface area contributed by atoms with Crippen molar-refractivity contribution in [2.24, 2.45) is 11.8 Å². The standard InChI is InChI=1S/C22H32N4O3.ClH/c1-28-18-12-16-17(13-19(18)29-2)24-22(25-21(16)23)26-10-8-15(9-11-26)20(27)14-6-4-3-5-7-14;/h12-15,20,27H,3-11H2,1-2H3,(H2,23,24,25);1H. The van der Waals surface area contributed by atoms with Crippen molar-refractivity contribution in [3.63, 3.8) is 0 Å². The molecule has 1 unspecified atom stereocenters. The maximum absolute atomic E-state index is 10.9. The van der Waals surface area contributed by atoms with E-state index in [1.165, 1.54) is 32.1 Å². The minimum Gasteiger partial charge on any atom is -0.493 e. The molecule has 0 radical (unpaired) electrons. The van der Waals surface area contributed by atoms with E-state index in [9.17, 15) is 5.11 Å². The fraction of sp³-hybridized carbons (Fsp3) is 0.636. The lowest BCUT2D eigenvalue weighted by Crippen LogP contribution is -2.41. The number of hydrogen-bond donors (Lipinski definition) is 2. The normalized spacial score (nSPS) is 19.4. The Morgan fingerprint density at radius 1 is 0.967 bits per heavy atom. The van der Waals surface area contributed by atoms with E-state index in [1.54, 1.807) is 14.2 Å². The van der Waals surface area contributed by atoms with Gasteiger partial charge in [-0.15, -0.1) is 12.4 Å². The number of nitrogen functional groups attached to an aromatic ring is 1.